The van der Waals surface area contributed by atoms with E-state index in [2.05, 4.69) is 5.32 Å². The van der Waals surface area contributed by atoms with Gasteiger partial charge in [-0.25, -0.2) is 0 Å². The number of piperidine rings is 1. The number of likely N-dealkylation sites (tertiary alicyclic amines) is 1. The first-order valence-corrected chi connectivity index (χ1v) is 9.08. The molecule has 1 aliphatic heterocycles. The second-order valence-corrected chi connectivity index (χ2v) is 6.56. The molecule has 2 amide bonds. The lowest BCUT2D eigenvalue weighted by molar-refractivity contribution is -0.127. The molecule has 1 aromatic carbocycles. The van der Waals surface area contributed by atoms with Crippen LogP contribution in [0.3, 0.4) is 0 Å². The van der Waals surface area contributed by atoms with Gasteiger partial charge in [0.25, 0.3) is 5.91 Å². The number of nitrogens with one attached hydrogen (secondary N) is 1. The van der Waals surface area contributed by atoms with Crippen LogP contribution in [0, 0.1) is 5.92 Å². The number of ether oxygens (including phenoxy) is 1. The zero-order valence-electron chi connectivity index (χ0n) is 15.4. The van der Waals surface area contributed by atoms with Gasteiger partial charge in [0, 0.05) is 31.3 Å². The fourth-order valence-electron chi connectivity index (χ4n) is 3.11. The molecule has 2 aromatic rings. The molecular formula is C21H24N2O4. The summed E-state index contributed by atoms with van der Waals surface area (Å²) in [5, 5.41) is 2.98. The predicted molar refractivity (Wildman–Crippen MR) is 102 cm³/mol. The normalized spacial score (nSPS) is 15.1. The minimum atomic E-state index is -0.103. The molecule has 0 spiro atoms. The van der Waals surface area contributed by atoms with Gasteiger partial charge in [0.2, 0.25) is 5.91 Å². The van der Waals surface area contributed by atoms with E-state index in [1.54, 1.807) is 55.9 Å². The van der Waals surface area contributed by atoms with Crippen molar-refractivity contribution in [3.63, 3.8) is 0 Å². The van der Waals surface area contributed by atoms with Crippen LogP contribution in [-0.2, 0) is 4.79 Å². The minimum Gasteiger partial charge on any atom is -0.497 e. The molecule has 0 unspecified atom stereocenters. The van der Waals surface area contributed by atoms with Crippen LogP contribution in [0.4, 0.5) is 0 Å². The second kappa shape index (κ2) is 9.07. The van der Waals surface area contributed by atoms with E-state index >= 15 is 0 Å². The quantitative estimate of drug-likeness (QED) is 0.796. The monoisotopic (exact) mass is 368 g/mol. The number of carbonyl (C=O) groups excluding carboxylic acids is 2. The van der Waals surface area contributed by atoms with Crippen LogP contribution < -0.4 is 10.1 Å². The van der Waals surface area contributed by atoms with Gasteiger partial charge in [-0.3, -0.25) is 9.59 Å². The van der Waals surface area contributed by atoms with Crippen LogP contribution in [0.5, 0.6) is 5.75 Å². The largest absolute Gasteiger partial charge is 0.497 e. The Morgan fingerprint density at radius 2 is 2.07 bits per heavy atom. The summed E-state index contributed by atoms with van der Waals surface area (Å²) in [6.07, 6.45) is 6.55. The molecule has 27 heavy (non-hydrogen) atoms. The Bertz CT molecular complexity index is 790. The van der Waals surface area contributed by atoms with Crippen molar-refractivity contribution in [1.82, 2.24) is 10.2 Å². The van der Waals surface area contributed by atoms with Gasteiger partial charge < -0.3 is 19.4 Å². The molecule has 0 radical (unpaired) electrons. The minimum absolute atomic E-state index is 0.00901. The Balaban J connectivity index is 1.42. The fourth-order valence-corrected chi connectivity index (χ4v) is 3.11. The summed E-state index contributed by atoms with van der Waals surface area (Å²) in [7, 11) is 1.58. The first-order valence-electron chi connectivity index (χ1n) is 9.08. The van der Waals surface area contributed by atoms with Crippen LogP contribution in [0.1, 0.15) is 29.0 Å². The SMILES string of the molecule is COc1cccc(C(=O)NCC2CCN(C(=O)/C=C/c3ccco3)CC2)c1. The topological polar surface area (TPSA) is 71.8 Å². The number of rotatable bonds is 6. The van der Waals surface area contributed by atoms with Gasteiger partial charge in [-0.1, -0.05) is 6.07 Å². The highest BCUT2D eigenvalue weighted by Gasteiger charge is 2.22. The molecule has 0 atom stereocenters. The highest BCUT2D eigenvalue weighted by atomic mass is 16.5. The molecule has 1 aromatic heterocycles. The third kappa shape index (κ3) is 5.23. The van der Waals surface area contributed by atoms with Gasteiger partial charge in [-0.2, -0.15) is 0 Å². The number of nitrogens with zero attached hydrogens (tertiary/aromatic N) is 1. The molecule has 6 nitrogen and oxygen atoms in total. The van der Waals surface area contributed by atoms with Crippen molar-refractivity contribution in [2.75, 3.05) is 26.7 Å². The number of benzene rings is 1. The van der Waals surface area contributed by atoms with E-state index in [1.807, 2.05) is 11.0 Å². The maximum atomic E-state index is 12.3. The molecule has 1 aliphatic rings. The van der Waals surface area contributed by atoms with E-state index in [0.717, 1.165) is 12.8 Å². The molecule has 142 valence electrons. The van der Waals surface area contributed by atoms with Crippen LogP contribution in [0.15, 0.2) is 53.2 Å². The average Bonchev–Trinajstić information content (AvgIpc) is 3.24. The summed E-state index contributed by atoms with van der Waals surface area (Å²) in [6.45, 7) is 2.00. The Morgan fingerprint density at radius 3 is 2.78 bits per heavy atom. The number of amides is 2. The molecule has 0 bridgehead atoms. The highest BCUT2D eigenvalue weighted by molar-refractivity contribution is 5.94. The number of methoxy groups -OCH3 is 1. The molecule has 6 heteroatoms. The summed E-state index contributed by atoms with van der Waals surface area (Å²) in [6, 6.07) is 10.7. The third-order valence-corrected chi connectivity index (χ3v) is 4.74. The van der Waals surface area contributed by atoms with E-state index in [-0.39, 0.29) is 11.8 Å². The second-order valence-electron chi connectivity index (χ2n) is 6.56. The standard InChI is InChI=1S/C21H24N2O4/c1-26-19-5-2-4-17(14-19)21(25)22-15-16-9-11-23(12-10-16)20(24)8-7-18-6-3-13-27-18/h2-8,13-14,16H,9-12,15H2,1H3,(H,22,25)/b8-7+. The summed E-state index contributed by atoms with van der Waals surface area (Å²) in [5.41, 5.74) is 0.588. The van der Waals surface area contributed by atoms with Gasteiger partial charge in [0.05, 0.1) is 13.4 Å². The maximum Gasteiger partial charge on any atom is 0.251 e. The van der Waals surface area contributed by atoms with Crippen molar-refractivity contribution in [2.45, 2.75) is 12.8 Å². The number of hydrogen-bond acceptors (Lipinski definition) is 4. The summed E-state index contributed by atoms with van der Waals surface area (Å²) >= 11 is 0. The first kappa shape index (κ1) is 18.8. The van der Waals surface area contributed by atoms with Crippen molar-refractivity contribution in [2.24, 2.45) is 5.92 Å². The zero-order valence-corrected chi connectivity index (χ0v) is 15.4. The molecule has 1 fully saturated rings. The van der Waals surface area contributed by atoms with Gasteiger partial charge in [-0.15, -0.1) is 0 Å². The van der Waals surface area contributed by atoms with Crippen molar-refractivity contribution in [1.29, 1.82) is 0 Å². The molecule has 0 aliphatic carbocycles. The van der Waals surface area contributed by atoms with Crippen LogP contribution in [0.2, 0.25) is 0 Å². The predicted octanol–water partition coefficient (Wildman–Crippen LogP) is 2.97. The summed E-state index contributed by atoms with van der Waals surface area (Å²) in [4.78, 5) is 26.3. The maximum absolute atomic E-state index is 12.3. The first-order chi connectivity index (χ1) is 13.2. The molecule has 2 heterocycles. The lowest BCUT2D eigenvalue weighted by atomic mass is 9.96. The van der Waals surface area contributed by atoms with E-state index in [1.165, 1.54) is 0 Å². The lowest BCUT2D eigenvalue weighted by Gasteiger charge is -2.31. The molecular weight excluding hydrogens is 344 g/mol. The zero-order chi connectivity index (χ0) is 19.1. The Hall–Kier alpha value is -3.02. The van der Waals surface area contributed by atoms with Crippen LogP contribution >= 0.6 is 0 Å². The van der Waals surface area contributed by atoms with Gasteiger partial charge in [0.1, 0.15) is 11.5 Å². The number of furan rings is 1. The third-order valence-electron chi connectivity index (χ3n) is 4.74. The highest BCUT2D eigenvalue weighted by Crippen LogP contribution is 2.18. The molecule has 0 saturated carbocycles. The summed E-state index contributed by atoms with van der Waals surface area (Å²) in [5.74, 6) is 1.59. The number of hydrogen-bond donors (Lipinski definition) is 1. The smallest absolute Gasteiger partial charge is 0.251 e. The van der Waals surface area contributed by atoms with E-state index in [4.69, 9.17) is 9.15 Å². The Morgan fingerprint density at radius 1 is 1.26 bits per heavy atom. The average molecular weight is 368 g/mol. The lowest BCUT2D eigenvalue weighted by Crippen LogP contribution is -2.40. The van der Waals surface area contributed by atoms with Crippen LogP contribution in [0.25, 0.3) is 6.08 Å². The van der Waals surface area contributed by atoms with E-state index < -0.39 is 0 Å². The van der Waals surface area contributed by atoms with Gasteiger partial charge >= 0.3 is 0 Å². The Kier molecular flexibility index (Phi) is 6.30. The van der Waals surface area contributed by atoms with E-state index in [9.17, 15) is 9.59 Å². The van der Waals surface area contributed by atoms with Crippen molar-refractivity contribution in [3.05, 3.63) is 60.1 Å². The number of carbonyl (C=O) groups is 2. The van der Waals surface area contributed by atoms with Crippen molar-refractivity contribution in [3.8, 4) is 5.75 Å². The Labute approximate surface area is 158 Å². The van der Waals surface area contributed by atoms with Gasteiger partial charge in [0.15, 0.2) is 0 Å². The molecule has 1 N–H and O–H groups in total. The van der Waals surface area contributed by atoms with Crippen molar-refractivity contribution < 1.29 is 18.7 Å². The summed E-state index contributed by atoms with van der Waals surface area (Å²) < 4.78 is 10.3. The van der Waals surface area contributed by atoms with Crippen LogP contribution in [-0.4, -0.2) is 43.5 Å². The van der Waals surface area contributed by atoms with Crippen molar-refractivity contribution >= 4 is 17.9 Å². The van der Waals surface area contributed by atoms with Gasteiger partial charge in [-0.05, 0) is 55.2 Å². The van der Waals surface area contributed by atoms with E-state index in [0.29, 0.717) is 42.6 Å². The molecule has 3 rings (SSSR count). The molecule has 1 saturated heterocycles. The fraction of sp³-hybridized carbons (Fsp3) is 0.333.